The van der Waals surface area contributed by atoms with Crippen molar-refractivity contribution in [2.45, 2.75) is 25.0 Å². The van der Waals surface area contributed by atoms with Gasteiger partial charge in [0.2, 0.25) is 0 Å². The summed E-state index contributed by atoms with van der Waals surface area (Å²) in [7, 11) is 0. The molecule has 62 valence electrons. The van der Waals surface area contributed by atoms with Gasteiger partial charge in [-0.15, -0.1) is 12.4 Å². The van der Waals surface area contributed by atoms with Crippen molar-refractivity contribution in [2.24, 2.45) is 11.7 Å². The largest absolute Gasteiger partial charge is 0.396 e. The molecule has 0 saturated heterocycles. The van der Waals surface area contributed by atoms with Crippen LogP contribution in [0.2, 0.25) is 0 Å². The summed E-state index contributed by atoms with van der Waals surface area (Å²) in [6.07, 6.45) is 1.04. The minimum atomic E-state index is -0.370. The van der Waals surface area contributed by atoms with Gasteiger partial charge in [0.1, 0.15) is 0 Å². The first-order chi connectivity index (χ1) is 4.24. The molecule has 0 radical (unpaired) electrons. The summed E-state index contributed by atoms with van der Waals surface area (Å²) >= 11 is 0. The highest BCUT2D eigenvalue weighted by Gasteiger charge is 2.29. The fraction of sp³-hybridized carbons (Fsp3) is 1.00. The number of rotatable bonds is 1. The summed E-state index contributed by atoms with van der Waals surface area (Å²) in [5, 5.41) is 17.8. The van der Waals surface area contributed by atoms with E-state index in [2.05, 4.69) is 0 Å². The number of aliphatic hydroxyl groups is 2. The Hall–Kier alpha value is 0.170. The van der Waals surface area contributed by atoms with Gasteiger partial charge < -0.3 is 15.9 Å². The lowest BCUT2D eigenvalue weighted by atomic mass is 10.1. The minimum absolute atomic E-state index is 0. The zero-order chi connectivity index (χ0) is 6.85. The molecule has 1 aliphatic rings. The molecule has 1 aliphatic carbocycles. The molecule has 4 N–H and O–H groups in total. The van der Waals surface area contributed by atoms with Crippen molar-refractivity contribution in [2.75, 3.05) is 6.61 Å². The highest BCUT2D eigenvalue weighted by molar-refractivity contribution is 5.85. The van der Waals surface area contributed by atoms with E-state index in [-0.39, 0.29) is 37.1 Å². The van der Waals surface area contributed by atoms with Crippen molar-refractivity contribution in [3.8, 4) is 0 Å². The second kappa shape index (κ2) is 4.13. The molecule has 0 aromatic carbocycles. The summed E-state index contributed by atoms with van der Waals surface area (Å²) in [4.78, 5) is 0. The third-order valence-corrected chi connectivity index (χ3v) is 1.93. The van der Waals surface area contributed by atoms with Crippen LogP contribution < -0.4 is 5.73 Å². The molecule has 0 aliphatic heterocycles. The molecule has 0 aromatic rings. The number of hydrogen-bond donors (Lipinski definition) is 3. The Bertz CT molecular complexity index is 102. The van der Waals surface area contributed by atoms with Crippen LogP contribution in [0, 0.1) is 5.92 Å². The van der Waals surface area contributed by atoms with Gasteiger partial charge in [-0.25, -0.2) is 0 Å². The molecule has 0 bridgehead atoms. The van der Waals surface area contributed by atoms with Crippen LogP contribution in [0.4, 0.5) is 0 Å². The normalized spacial score (nSPS) is 39.3. The van der Waals surface area contributed by atoms with E-state index in [0.717, 1.165) is 6.42 Å². The zero-order valence-corrected chi connectivity index (χ0v) is 6.55. The van der Waals surface area contributed by atoms with Crippen LogP contribution >= 0.6 is 12.4 Å². The fourth-order valence-electron chi connectivity index (χ4n) is 1.34. The van der Waals surface area contributed by atoms with Gasteiger partial charge in [-0.05, 0) is 12.8 Å². The maximum absolute atomic E-state index is 9.12. The smallest absolute Gasteiger partial charge is 0.0605 e. The Kier molecular flexibility index (Phi) is 4.20. The maximum Gasteiger partial charge on any atom is 0.0605 e. The quantitative estimate of drug-likeness (QED) is 0.493. The molecule has 0 heterocycles. The van der Waals surface area contributed by atoms with Crippen molar-refractivity contribution >= 4 is 12.4 Å². The van der Waals surface area contributed by atoms with Crippen LogP contribution in [0.1, 0.15) is 12.8 Å². The van der Waals surface area contributed by atoms with Crippen LogP contribution in [0.25, 0.3) is 0 Å². The van der Waals surface area contributed by atoms with Crippen molar-refractivity contribution in [1.29, 1.82) is 0 Å². The van der Waals surface area contributed by atoms with Crippen molar-refractivity contribution in [3.63, 3.8) is 0 Å². The molecular formula is C6H14ClNO2. The summed E-state index contributed by atoms with van der Waals surface area (Å²) < 4.78 is 0. The molecular weight excluding hydrogens is 154 g/mol. The fourth-order valence-corrected chi connectivity index (χ4v) is 1.34. The van der Waals surface area contributed by atoms with E-state index in [1.807, 2.05) is 0 Å². The molecule has 10 heavy (non-hydrogen) atoms. The Balaban J connectivity index is 0.000000810. The Labute approximate surface area is 66.6 Å². The summed E-state index contributed by atoms with van der Waals surface area (Å²) in [6, 6.07) is 0.0946. The average Bonchev–Trinajstić information content (AvgIpc) is 2.10. The van der Waals surface area contributed by atoms with Crippen LogP contribution in [-0.4, -0.2) is 29.0 Å². The zero-order valence-electron chi connectivity index (χ0n) is 5.73. The van der Waals surface area contributed by atoms with E-state index in [1.54, 1.807) is 0 Å². The van der Waals surface area contributed by atoms with Gasteiger partial charge in [-0.2, -0.15) is 0 Å². The molecule has 0 aromatic heterocycles. The minimum Gasteiger partial charge on any atom is -0.396 e. The number of hydrogen-bond acceptors (Lipinski definition) is 3. The van der Waals surface area contributed by atoms with Gasteiger partial charge in [0, 0.05) is 18.6 Å². The van der Waals surface area contributed by atoms with E-state index >= 15 is 0 Å². The van der Waals surface area contributed by atoms with E-state index in [4.69, 9.17) is 15.9 Å². The topological polar surface area (TPSA) is 66.5 Å². The molecule has 0 spiro atoms. The Morgan fingerprint density at radius 3 is 2.20 bits per heavy atom. The first-order valence-electron chi connectivity index (χ1n) is 3.28. The lowest BCUT2D eigenvalue weighted by molar-refractivity contribution is 0.0908. The highest BCUT2D eigenvalue weighted by atomic mass is 35.5. The van der Waals surface area contributed by atoms with E-state index < -0.39 is 0 Å². The lowest BCUT2D eigenvalue weighted by Crippen LogP contribution is -2.16. The molecule has 0 unspecified atom stereocenters. The first kappa shape index (κ1) is 10.2. The predicted octanol–water partition coefficient (Wildman–Crippen LogP) is -0.501. The molecule has 3 atom stereocenters. The number of aliphatic hydroxyl groups excluding tert-OH is 2. The van der Waals surface area contributed by atoms with Gasteiger partial charge >= 0.3 is 0 Å². The summed E-state index contributed by atoms with van der Waals surface area (Å²) in [5.74, 6) is 0.0278. The van der Waals surface area contributed by atoms with Crippen LogP contribution in [0.15, 0.2) is 0 Å². The van der Waals surface area contributed by atoms with E-state index in [1.165, 1.54) is 0 Å². The van der Waals surface area contributed by atoms with Gasteiger partial charge in [0.25, 0.3) is 0 Å². The van der Waals surface area contributed by atoms with Gasteiger partial charge in [-0.3, -0.25) is 0 Å². The standard InChI is InChI=1S/C6H13NO2.ClH/c7-5-1-4(3-8)6(9)2-5;/h4-6,8-9H,1-3,7H2;1H/t4-,5-,6+;/m1./s1. The van der Waals surface area contributed by atoms with Crippen molar-refractivity contribution in [3.05, 3.63) is 0 Å². The van der Waals surface area contributed by atoms with Gasteiger partial charge in [-0.1, -0.05) is 0 Å². The van der Waals surface area contributed by atoms with Crippen LogP contribution in [0.5, 0.6) is 0 Å². The monoisotopic (exact) mass is 167 g/mol. The summed E-state index contributed by atoms with van der Waals surface area (Å²) in [6.45, 7) is 0.0644. The number of nitrogens with two attached hydrogens (primary N) is 1. The molecule has 0 amide bonds. The molecule has 1 fully saturated rings. The number of halogens is 1. The third-order valence-electron chi connectivity index (χ3n) is 1.93. The summed E-state index contributed by atoms with van der Waals surface area (Å²) in [5.41, 5.74) is 5.52. The molecule has 1 saturated carbocycles. The molecule has 3 nitrogen and oxygen atoms in total. The van der Waals surface area contributed by atoms with Crippen LogP contribution in [0.3, 0.4) is 0 Å². The molecule has 4 heteroatoms. The predicted molar refractivity (Wildman–Crippen MR) is 41.0 cm³/mol. The average molecular weight is 168 g/mol. The maximum atomic E-state index is 9.12. The second-order valence-electron chi connectivity index (χ2n) is 2.74. The second-order valence-corrected chi connectivity index (χ2v) is 2.74. The van der Waals surface area contributed by atoms with Crippen molar-refractivity contribution in [1.82, 2.24) is 0 Å². The van der Waals surface area contributed by atoms with Crippen molar-refractivity contribution < 1.29 is 10.2 Å². The van der Waals surface area contributed by atoms with E-state index in [9.17, 15) is 0 Å². The molecule has 1 rings (SSSR count). The lowest BCUT2D eigenvalue weighted by Gasteiger charge is -2.08. The van der Waals surface area contributed by atoms with Crippen LogP contribution in [-0.2, 0) is 0 Å². The Morgan fingerprint density at radius 2 is 2.00 bits per heavy atom. The SMILES string of the molecule is Cl.N[C@@H]1C[C@H](CO)[C@@H](O)C1. The third kappa shape index (κ3) is 2.09. The van der Waals surface area contributed by atoms with Gasteiger partial charge in [0.15, 0.2) is 0 Å². The first-order valence-corrected chi connectivity index (χ1v) is 3.28. The highest BCUT2D eigenvalue weighted by Crippen LogP contribution is 2.23. The Morgan fingerprint density at radius 1 is 1.40 bits per heavy atom. The van der Waals surface area contributed by atoms with Gasteiger partial charge in [0.05, 0.1) is 6.10 Å². The van der Waals surface area contributed by atoms with E-state index in [0.29, 0.717) is 6.42 Å².